The molecule has 0 aromatic heterocycles. The van der Waals surface area contributed by atoms with Crippen LogP contribution in [0.2, 0.25) is 0 Å². The van der Waals surface area contributed by atoms with E-state index >= 15 is 4.39 Å². The molecule has 0 aromatic carbocycles. The Kier molecular flexibility index (Phi) is 3.65. The number of aliphatic hydroxyl groups is 1. The molecule has 3 fully saturated rings. The Morgan fingerprint density at radius 2 is 1.92 bits per heavy atom. The van der Waals surface area contributed by atoms with Crippen molar-refractivity contribution in [2.24, 2.45) is 28.6 Å². The molecule has 3 saturated carbocycles. The summed E-state index contributed by atoms with van der Waals surface area (Å²) in [4.78, 5) is 24.0. The number of halogens is 1. The van der Waals surface area contributed by atoms with Gasteiger partial charge in [-0.3, -0.25) is 9.59 Å². The number of hydrogen-bond donors (Lipinski definition) is 1. The van der Waals surface area contributed by atoms with Crippen molar-refractivity contribution >= 4 is 11.6 Å². The number of Topliss-reactive ketones (excluding diaryl/α,β-unsaturated/α-hetero) is 1. The lowest BCUT2D eigenvalue weighted by atomic mass is 9.44. The van der Waals surface area contributed by atoms with E-state index in [1.54, 1.807) is 13.0 Å². The maximum absolute atomic E-state index is 16.7. The van der Waals surface area contributed by atoms with E-state index in [2.05, 4.69) is 6.92 Å². The zero-order valence-electron chi connectivity index (χ0n) is 15.5. The first-order valence-corrected chi connectivity index (χ1v) is 9.76. The van der Waals surface area contributed by atoms with Crippen LogP contribution in [0.4, 0.5) is 4.39 Å². The van der Waals surface area contributed by atoms with E-state index in [1.165, 1.54) is 0 Å². The van der Waals surface area contributed by atoms with Gasteiger partial charge in [-0.15, -0.1) is 0 Å². The molecule has 0 amide bonds. The largest absolute Gasteiger partial charge is 0.390 e. The van der Waals surface area contributed by atoms with E-state index in [-0.39, 0.29) is 34.7 Å². The summed E-state index contributed by atoms with van der Waals surface area (Å²) in [5, 5.41) is 11.0. The van der Waals surface area contributed by atoms with Crippen LogP contribution < -0.4 is 0 Å². The van der Waals surface area contributed by atoms with E-state index in [1.807, 2.05) is 6.92 Å². The number of ketones is 2. The average molecular weight is 348 g/mol. The van der Waals surface area contributed by atoms with Crippen molar-refractivity contribution in [2.45, 2.75) is 77.5 Å². The summed E-state index contributed by atoms with van der Waals surface area (Å²) < 4.78 is 16.7. The Hall–Kier alpha value is -1.03. The van der Waals surface area contributed by atoms with E-state index < -0.39 is 17.2 Å². The molecule has 0 aromatic rings. The van der Waals surface area contributed by atoms with Gasteiger partial charge >= 0.3 is 0 Å². The summed E-state index contributed by atoms with van der Waals surface area (Å²) in [6.07, 6.45) is 4.88. The third-order valence-electron chi connectivity index (χ3n) is 8.53. The minimum absolute atomic E-state index is 0.0608. The summed E-state index contributed by atoms with van der Waals surface area (Å²) in [5.41, 5.74) is -1.84. The van der Waals surface area contributed by atoms with Gasteiger partial charge in [-0.05, 0) is 62.9 Å². The highest BCUT2D eigenvalue weighted by atomic mass is 19.1. The number of fused-ring (bicyclic) bond motifs is 5. The Balaban J connectivity index is 1.79. The van der Waals surface area contributed by atoms with Crippen LogP contribution >= 0.6 is 0 Å². The van der Waals surface area contributed by atoms with E-state index in [9.17, 15) is 14.7 Å². The number of hydrogen-bond acceptors (Lipinski definition) is 3. The molecule has 0 radical (unpaired) electrons. The highest BCUT2D eigenvalue weighted by Crippen LogP contribution is 2.69. The first kappa shape index (κ1) is 17.4. The van der Waals surface area contributed by atoms with Crippen molar-refractivity contribution in [1.29, 1.82) is 0 Å². The van der Waals surface area contributed by atoms with Crippen LogP contribution in [-0.4, -0.2) is 28.4 Å². The number of aliphatic hydroxyl groups excluding tert-OH is 1. The topological polar surface area (TPSA) is 54.4 Å². The number of carbonyl (C=O) groups excluding carboxylic acids is 2. The molecule has 0 bridgehead atoms. The standard InChI is InChI=1S/C21H29FO3/c1-12(23)15-6-7-16-17-5-4-13-10-14(24)8-9-20(13,3)21(17,22)18(25)11-19(15,16)2/h10,15-18,25H,4-9,11H2,1-3H3/t15-,16+,17+,18?,19-,20+,21+/m1/s1. The normalized spacial score (nSPS) is 52.0. The van der Waals surface area contributed by atoms with Crippen molar-refractivity contribution in [1.82, 2.24) is 0 Å². The summed E-state index contributed by atoms with van der Waals surface area (Å²) in [7, 11) is 0. The number of alkyl halides is 1. The fraction of sp³-hybridized carbons (Fsp3) is 0.810. The molecule has 0 heterocycles. The second-order valence-electron chi connectivity index (χ2n) is 9.45. The molecule has 4 aliphatic rings. The molecule has 4 rings (SSSR count). The first-order chi connectivity index (χ1) is 11.6. The van der Waals surface area contributed by atoms with Gasteiger partial charge in [0.2, 0.25) is 0 Å². The van der Waals surface area contributed by atoms with Crippen LogP contribution in [0.1, 0.15) is 65.7 Å². The van der Waals surface area contributed by atoms with Crippen LogP contribution in [0.3, 0.4) is 0 Å². The van der Waals surface area contributed by atoms with Crippen molar-refractivity contribution < 1.29 is 19.1 Å². The zero-order chi connectivity index (χ0) is 18.2. The minimum Gasteiger partial charge on any atom is -0.390 e. The molecule has 4 aliphatic carbocycles. The molecular weight excluding hydrogens is 319 g/mol. The fourth-order valence-electron chi connectivity index (χ4n) is 7.24. The third-order valence-corrected chi connectivity index (χ3v) is 8.53. The van der Waals surface area contributed by atoms with Gasteiger partial charge in [0.25, 0.3) is 0 Å². The smallest absolute Gasteiger partial charge is 0.155 e. The van der Waals surface area contributed by atoms with Crippen LogP contribution in [0.25, 0.3) is 0 Å². The summed E-state index contributed by atoms with van der Waals surface area (Å²) in [5.74, 6) is 0.123. The van der Waals surface area contributed by atoms with Gasteiger partial charge in [-0.2, -0.15) is 0 Å². The van der Waals surface area contributed by atoms with E-state index in [0.717, 1.165) is 24.8 Å². The van der Waals surface area contributed by atoms with Gasteiger partial charge in [0, 0.05) is 23.7 Å². The molecule has 1 unspecified atom stereocenters. The van der Waals surface area contributed by atoms with Crippen molar-refractivity contribution in [3.63, 3.8) is 0 Å². The van der Waals surface area contributed by atoms with Gasteiger partial charge in [0.15, 0.2) is 5.78 Å². The number of rotatable bonds is 1. The van der Waals surface area contributed by atoms with Crippen molar-refractivity contribution in [3.05, 3.63) is 11.6 Å². The lowest BCUT2D eigenvalue weighted by Gasteiger charge is -2.62. The van der Waals surface area contributed by atoms with Crippen molar-refractivity contribution in [2.75, 3.05) is 0 Å². The predicted molar refractivity (Wildman–Crippen MR) is 92.6 cm³/mol. The quantitative estimate of drug-likeness (QED) is 0.784. The molecule has 0 aliphatic heterocycles. The second-order valence-corrected chi connectivity index (χ2v) is 9.45. The van der Waals surface area contributed by atoms with Crippen LogP contribution in [-0.2, 0) is 9.59 Å². The first-order valence-electron chi connectivity index (χ1n) is 9.76. The second kappa shape index (κ2) is 5.25. The molecule has 4 heteroatoms. The zero-order valence-corrected chi connectivity index (χ0v) is 15.5. The Labute approximate surface area is 149 Å². The Bertz CT molecular complexity index is 670. The molecule has 138 valence electrons. The van der Waals surface area contributed by atoms with E-state index in [0.29, 0.717) is 25.7 Å². The monoisotopic (exact) mass is 348 g/mol. The van der Waals surface area contributed by atoms with E-state index in [4.69, 9.17) is 0 Å². The molecule has 0 saturated heterocycles. The highest BCUT2D eigenvalue weighted by molar-refractivity contribution is 5.91. The minimum atomic E-state index is -1.69. The third kappa shape index (κ3) is 2.01. The molecule has 25 heavy (non-hydrogen) atoms. The van der Waals surface area contributed by atoms with Crippen molar-refractivity contribution in [3.8, 4) is 0 Å². The summed E-state index contributed by atoms with van der Waals surface area (Å²) in [6.45, 7) is 5.65. The molecular formula is C21H29FO3. The summed E-state index contributed by atoms with van der Waals surface area (Å²) in [6, 6.07) is 0. The highest BCUT2D eigenvalue weighted by Gasteiger charge is 2.70. The van der Waals surface area contributed by atoms with Crippen LogP contribution in [0, 0.1) is 28.6 Å². The lowest BCUT2D eigenvalue weighted by Crippen LogP contribution is -2.67. The van der Waals surface area contributed by atoms with Gasteiger partial charge in [0.1, 0.15) is 11.5 Å². The molecule has 0 spiro atoms. The van der Waals surface area contributed by atoms with Crippen LogP contribution in [0.15, 0.2) is 11.6 Å². The number of carbonyl (C=O) groups is 2. The number of allylic oxidation sites excluding steroid dienone is 1. The van der Waals surface area contributed by atoms with Gasteiger partial charge in [0.05, 0.1) is 6.10 Å². The van der Waals surface area contributed by atoms with Crippen LogP contribution in [0.5, 0.6) is 0 Å². The predicted octanol–water partition coefficient (Wildman–Crippen LogP) is 3.79. The molecule has 3 nitrogen and oxygen atoms in total. The fourth-order valence-corrected chi connectivity index (χ4v) is 7.24. The Morgan fingerprint density at radius 3 is 2.60 bits per heavy atom. The maximum atomic E-state index is 16.7. The van der Waals surface area contributed by atoms with Gasteiger partial charge in [-0.25, -0.2) is 4.39 Å². The average Bonchev–Trinajstić information content (AvgIpc) is 2.87. The molecule has 7 atom stereocenters. The summed E-state index contributed by atoms with van der Waals surface area (Å²) >= 11 is 0. The lowest BCUT2D eigenvalue weighted by molar-refractivity contribution is -0.208. The Morgan fingerprint density at radius 1 is 1.20 bits per heavy atom. The van der Waals surface area contributed by atoms with Gasteiger partial charge in [-0.1, -0.05) is 19.4 Å². The maximum Gasteiger partial charge on any atom is 0.155 e. The SMILES string of the molecule is CC(=O)[C@H]1CC[C@H]2[C@@H]3CCC4=CC(=O)CC[C@]4(C)[C@@]3(F)C(O)C[C@]12C. The van der Waals surface area contributed by atoms with Gasteiger partial charge < -0.3 is 5.11 Å². The molecule has 1 N–H and O–H groups in total.